The summed E-state index contributed by atoms with van der Waals surface area (Å²) >= 11 is 0. The van der Waals surface area contributed by atoms with Crippen molar-refractivity contribution in [3.63, 3.8) is 0 Å². The number of pyridine rings is 1. The number of ketones is 1. The van der Waals surface area contributed by atoms with Crippen LogP contribution in [-0.2, 0) is 4.74 Å². The Morgan fingerprint density at radius 2 is 2.04 bits per heavy atom. The summed E-state index contributed by atoms with van der Waals surface area (Å²) in [6.45, 7) is 7.68. The molecule has 0 unspecified atom stereocenters. The molecule has 8 nitrogen and oxygen atoms in total. The Hall–Kier alpha value is -2.74. The molecule has 26 heavy (non-hydrogen) atoms. The monoisotopic (exact) mass is 361 g/mol. The molecule has 0 radical (unpaired) electrons. The van der Waals surface area contributed by atoms with Gasteiger partial charge in [0.05, 0.1) is 12.6 Å². The lowest BCUT2D eigenvalue weighted by molar-refractivity contribution is -0.390. The van der Waals surface area contributed by atoms with Gasteiger partial charge in [-0.25, -0.2) is 0 Å². The van der Waals surface area contributed by atoms with E-state index in [4.69, 9.17) is 9.47 Å². The average Bonchev–Trinajstić information content (AvgIpc) is 2.88. The van der Waals surface area contributed by atoms with Gasteiger partial charge in [0.25, 0.3) is 0 Å². The van der Waals surface area contributed by atoms with Crippen LogP contribution in [0.25, 0.3) is 0 Å². The maximum absolute atomic E-state index is 12.6. The van der Waals surface area contributed by atoms with Crippen LogP contribution in [0.5, 0.6) is 5.75 Å². The van der Waals surface area contributed by atoms with E-state index >= 15 is 0 Å². The van der Waals surface area contributed by atoms with Crippen LogP contribution in [0.1, 0.15) is 40.4 Å². The molecule has 0 spiro atoms. The van der Waals surface area contributed by atoms with Crippen molar-refractivity contribution in [2.45, 2.75) is 33.7 Å². The van der Waals surface area contributed by atoms with Crippen molar-refractivity contribution in [3.05, 3.63) is 51.0 Å². The normalized spacial score (nSPS) is 12.0. The Morgan fingerprint density at radius 1 is 1.35 bits per heavy atom. The molecule has 0 fully saturated rings. The number of ether oxygens (including phenoxy) is 2. The van der Waals surface area contributed by atoms with Crippen LogP contribution < -0.4 is 4.74 Å². The van der Waals surface area contributed by atoms with E-state index in [2.05, 4.69) is 4.98 Å². The molecule has 2 rings (SSSR count). The molecule has 0 aliphatic rings. The second kappa shape index (κ2) is 8.09. The van der Waals surface area contributed by atoms with Crippen molar-refractivity contribution in [1.29, 1.82) is 0 Å². The molecular formula is C18H23N3O5. The summed E-state index contributed by atoms with van der Waals surface area (Å²) in [5.41, 5.74) is 2.80. The van der Waals surface area contributed by atoms with Crippen molar-refractivity contribution in [2.75, 3.05) is 20.3 Å². The Labute approximate surface area is 151 Å². The third-order valence-corrected chi connectivity index (χ3v) is 4.14. The average molecular weight is 361 g/mol. The minimum absolute atomic E-state index is 0.0180. The molecular weight excluding hydrogens is 338 g/mol. The Kier molecular flexibility index (Phi) is 6.10. The molecule has 0 N–H and O–H groups in total. The number of aryl methyl sites for hydroxylation is 2. The van der Waals surface area contributed by atoms with Crippen molar-refractivity contribution in [2.24, 2.45) is 0 Å². The molecule has 140 valence electrons. The number of nitro groups is 1. The molecule has 0 saturated heterocycles. The fraction of sp³-hybridized carbons (Fsp3) is 0.444. The van der Waals surface area contributed by atoms with Gasteiger partial charge in [-0.3, -0.25) is 4.79 Å². The molecule has 2 aromatic heterocycles. The van der Waals surface area contributed by atoms with Crippen molar-refractivity contribution >= 4 is 11.6 Å². The molecule has 0 aliphatic carbocycles. The van der Waals surface area contributed by atoms with Crippen LogP contribution in [0.2, 0.25) is 0 Å². The number of Topliss-reactive ketones (excluding diaryl/α,β-unsaturated/α-hetero) is 1. The van der Waals surface area contributed by atoms with E-state index in [1.807, 2.05) is 25.3 Å². The van der Waals surface area contributed by atoms with Gasteiger partial charge in [-0.05, 0) is 48.9 Å². The lowest BCUT2D eigenvalue weighted by Crippen LogP contribution is -2.16. The highest BCUT2D eigenvalue weighted by molar-refractivity contribution is 5.98. The molecule has 2 heterocycles. The number of hydrogen-bond donors (Lipinski definition) is 0. The van der Waals surface area contributed by atoms with Crippen molar-refractivity contribution in [3.8, 4) is 5.75 Å². The number of carbonyl (C=O) groups excluding carboxylic acids is 1. The van der Waals surface area contributed by atoms with E-state index < -0.39 is 10.7 Å². The lowest BCUT2D eigenvalue weighted by Gasteiger charge is -2.17. The highest BCUT2D eigenvalue weighted by atomic mass is 16.6. The van der Waals surface area contributed by atoms with Gasteiger partial charge in [0.1, 0.15) is 5.69 Å². The molecule has 0 bridgehead atoms. The summed E-state index contributed by atoms with van der Waals surface area (Å²) < 4.78 is 12.6. The van der Waals surface area contributed by atoms with E-state index in [-0.39, 0.29) is 24.2 Å². The molecule has 2 aromatic rings. The standard InChI is InChI=1S/C18H23N3O5/c1-11-6-7-17(18(19-11)21(23)24)26-10-16(22)15-8-12(2)20(14(15)4)13(3)9-25-5/h6-8,13H,9-10H2,1-5H3/t13-/m1/s1. The van der Waals surface area contributed by atoms with Gasteiger partial charge in [-0.15, -0.1) is 0 Å². The van der Waals surface area contributed by atoms with E-state index in [9.17, 15) is 14.9 Å². The predicted molar refractivity (Wildman–Crippen MR) is 95.9 cm³/mol. The molecule has 0 amide bonds. The zero-order valence-corrected chi connectivity index (χ0v) is 15.6. The summed E-state index contributed by atoms with van der Waals surface area (Å²) in [5.74, 6) is -0.656. The molecule has 0 aliphatic heterocycles. The first-order chi connectivity index (χ1) is 12.3. The number of nitrogens with zero attached hydrogens (tertiary/aromatic N) is 3. The van der Waals surface area contributed by atoms with E-state index in [0.29, 0.717) is 17.9 Å². The van der Waals surface area contributed by atoms with Gasteiger partial charge >= 0.3 is 5.82 Å². The SMILES string of the molecule is COC[C@@H](C)n1c(C)cc(C(=O)COc2ccc(C)nc2[N+](=O)[O-])c1C. The fourth-order valence-electron chi connectivity index (χ4n) is 3.05. The van der Waals surface area contributed by atoms with Crippen molar-refractivity contribution in [1.82, 2.24) is 9.55 Å². The molecule has 0 aromatic carbocycles. The smallest absolute Gasteiger partial charge is 0.406 e. The van der Waals surface area contributed by atoms with Gasteiger partial charge in [-0.1, -0.05) is 0 Å². The Balaban J connectivity index is 2.19. The summed E-state index contributed by atoms with van der Waals surface area (Å²) in [4.78, 5) is 26.9. The Bertz CT molecular complexity index is 828. The summed E-state index contributed by atoms with van der Waals surface area (Å²) in [6, 6.07) is 4.95. The van der Waals surface area contributed by atoms with Crippen LogP contribution >= 0.6 is 0 Å². The second-order valence-corrected chi connectivity index (χ2v) is 6.20. The van der Waals surface area contributed by atoms with E-state index in [1.54, 1.807) is 26.2 Å². The molecule has 8 heteroatoms. The van der Waals surface area contributed by atoms with Crippen LogP contribution in [0, 0.1) is 30.9 Å². The quantitative estimate of drug-likeness (QED) is 0.407. The zero-order chi connectivity index (χ0) is 19.4. The third kappa shape index (κ3) is 4.08. The highest BCUT2D eigenvalue weighted by Crippen LogP contribution is 2.25. The van der Waals surface area contributed by atoms with Gasteiger partial charge in [0, 0.05) is 31.0 Å². The maximum atomic E-state index is 12.6. The molecule has 0 saturated carbocycles. The minimum Gasteiger partial charge on any atom is -0.477 e. The van der Waals surface area contributed by atoms with Crippen LogP contribution in [0.4, 0.5) is 5.82 Å². The fourth-order valence-corrected chi connectivity index (χ4v) is 3.05. The van der Waals surface area contributed by atoms with E-state index in [0.717, 1.165) is 11.4 Å². The zero-order valence-electron chi connectivity index (χ0n) is 15.6. The summed E-state index contributed by atoms with van der Waals surface area (Å²) in [5, 5.41) is 11.1. The number of rotatable bonds is 8. The number of hydrogen-bond acceptors (Lipinski definition) is 6. The number of carbonyl (C=O) groups is 1. The topological polar surface area (TPSA) is 96.5 Å². The van der Waals surface area contributed by atoms with Gasteiger partial charge in [-0.2, -0.15) is 0 Å². The van der Waals surface area contributed by atoms with Crippen LogP contribution in [0.3, 0.4) is 0 Å². The summed E-state index contributed by atoms with van der Waals surface area (Å²) in [7, 11) is 1.63. The summed E-state index contributed by atoms with van der Waals surface area (Å²) in [6.07, 6.45) is 0. The highest BCUT2D eigenvalue weighted by Gasteiger charge is 2.22. The predicted octanol–water partition coefficient (Wildman–Crippen LogP) is 3.19. The van der Waals surface area contributed by atoms with E-state index in [1.165, 1.54) is 6.07 Å². The molecule has 1 atom stereocenters. The number of methoxy groups -OCH3 is 1. The van der Waals surface area contributed by atoms with Gasteiger partial charge in [0.2, 0.25) is 11.5 Å². The van der Waals surface area contributed by atoms with Crippen LogP contribution in [-0.4, -0.2) is 40.6 Å². The van der Waals surface area contributed by atoms with Gasteiger partial charge < -0.3 is 24.2 Å². The van der Waals surface area contributed by atoms with Crippen LogP contribution in [0.15, 0.2) is 18.2 Å². The number of aromatic nitrogens is 2. The first kappa shape index (κ1) is 19.6. The first-order valence-electron chi connectivity index (χ1n) is 8.21. The largest absolute Gasteiger partial charge is 0.477 e. The third-order valence-electron chi connectivity index (χ3n) is 4.14. The first-order valence-corrected chi connectivity index (χ1v) is 8.21. The maximum Gasteiger partial charge on any atom is 0.406 e. The van der Waals surface area contributed by atoms with Crippen molar-refractivity contribution < 1.29 is 19.2 Å². The Morgan fingerprint density at radius 3 is 2.65 bits per heavy atom. The second-order valence-electron chi connectivity index (χ2n) is 6.20. The lowest BCUT2D eigenvalue weighted by atomic mass is 10.1. The minimum atomic E-state index is -0.620. The van der Waals surface area contributed by atoms with Gasteiger partial charge in [0.15, 0.2) is 6.61 Å².